The minimum Gasteiger partial charge on any atom is -0.598 e. The van der Waals surface area contributed by atoms with Crippen LogP contribution in [0.3, 0.4) is 0 Å². The molecule has 1 aromatic carbocycles. The van der Waals surface area contributed by atoms with Crippen LogP contribution < -0.4 is 5.32 Å². The summed E-state index contributed by atoms with van der Waals surface area (Å²) in [6.07, 6.45) is -0.368. The van der Waals surface area contributed by atoms with Crippen LogP contribution in [0.5, 0.6) is 0 Å². The zero-order chi connectivity index (χ0) is 15.5. The molecule has 2 aliphatic rings. The minimum atomic E-state index is -1.12. The van der Waals surface area contributed by atoms with E-state index in [4.69, 9.17) is 9.84 Å². The van der Waals surface area contributed by atoms with E-state index in [0.29, 0.717) is 38.5 Å². The highest BCUT2D eigenvalue weighted by Gasteiger charge is 2.38. The summed E-state index contributed by atoms with van der Waals surface area (Å²) in [7, 11) is 0. The maximum atomic E-state index is 12.6. The van der Waals surface area contributed by atoms with Crippen LogP contribution in [0.2, 0.25) is 0 Å². The van der Waals surface area contributed by atoms with Gasteiger partial charge in [-0.3, -0.25) is 0 Å². The van der Waals surface area contributed by atoms with Crippen molar-refractivity contribution in [3.8, 4) is 0 Å². The maximum absolute atomic E-state index is 12.6. The Labute approximate surface area is 132 Å². The fourth-order valence-electron chi connectivity index (χ4n) is 3.20. The third-order valence-electron chi connectivity index (χ3n) is 4.27. The number of ether oxygens (including phenoxy) is 1. The fraction of sp³-hybridized carbons (Fsp3) is 0.533. The molecule has 1 heterocycles. The van der Waals surface area contributed by atoms with Gasteiger partial charge >= 0.3 is 6.09 Å². The Balaban J connectivity index is 1.74. The lowest BCUT2D eigenvalue weighted by atomic mass is 10.0. The average molecular weight is 324 g/mol. The van der Waals surface area contributed by atoms with Crippen LogP contribution in [0.15, 0.2) is 24.3 Å². The van der Waals surface area contributed by atoms with Crippen molar-refractivity contribution in [1.82, 2.24) is 9.62 Å². The Hall–Kier alpha value is -1.28. The van der Waals surface area contributed by atoms with Crippen molar-refractivity contribution in [3.05, 3.63) is 35.4 Å². The lowest BCUT2D eigenvalue weighted by Gasteiger charge is -2.30. The van der Waals surface area contributed by atoms with E-state index in [-0.39, 0.29) is 12.0 Å². The number of amides is 1. The molecule has 2 N–H and O–H groups in total. The summed E-state index contributed by atoms with van der Waals surface area (Å²) in [4.78, 5) is 11.0. The van der Waals surface area contributed by atoms with Crippen LogP contribution in [0.25, 0.3) is 0 Å². The van der Waals surface area contributed by atoms with E-state index in [1.807, 2.05) is 28.6 Å². The molecule has 0 bridgehead atoms. The van der Waals surface area contributed by atoms with Crippen LogP contribution in [0.4, 0.5) is 4.79 Å². The van der Waals surface area contributed by atoms with Gasteiger partial charge in [-0.25, -0.2) is 4.79 Å². The number of carbonyl (C=O) groups is 1. The third-order valence-corrected chi connectivity index (χ3v) is 5.85. The molecule has 1 aliphatic carbocycles. The van der Waals surface area contributed by atoms with Gasteiger partial charge in [0.2, 0.25) is 0 Å². The minimum absolute atomic E-state index is 0.0454. The molecule has 1 saturated heterocycles. The van der Waals surface area contributed by atoms with Crippen molar-refractivity contribution >= 4 is 17.5 Å². The zero-order valence-corrected chi connectivity index (χ0v) is 13.1. The Kier molecular flexibility index (Phi) is 4.87. The topological polar surface area (TPSA) is 84.9 Å². The molecule has 1 amide bonds. The summed E-state index contributed by atoms with van der Waals surface area (Å²) < 4.78 is 19.8. The number of nitrogens with one attached hydrogen (secondary N) is 1. The number of hydrogen-bond acceptors (Lipinski definition) is 4. The SMILES string of the molecule is O=C(O)N[C@@H]1Cc2ccccc2[C@H]1C[S+]([O-])N1CCOCC1. The molecule has 3 atom stereocenters. The van der Waals surface area contributed by atoms with Gasteiger partial charge in [-0.2, -0.15) is 0 Å². The highest BCUT2D eigenvalue weighted by Crippen LogP contribution is 2.35. The Morgan fingerprint density at radius 3 is 2.86 bits per heavy atom. The zero-order valence-electron chi connectivity index (χ0n) is 12.2. The predicted molar refractivity (Wildman–Crippen MR) is 83.2 cm³/mol. The van der Waals surface area contributed by atoms with E-state index in [1.165, 1.54) is 0 Å². The molecular weight excluding hydrogens is 304 g/mol. The summed E-state index contributed by atoms with van der Waals surface area (Å²) in [5.74, 6) is 0.401. The van der Waals surface area contributed by atoms with Gasteiger partial charge in [0, 0.05) is 17.4 Å². The first-order chi connectivity index (χ1) is 10.6. The normalized spacial score (nSPS) is 26.4. The molecule has 1 aromatic rings. The van der Waals surface area contributed by atoms with Crippen LogP contribution >= 0.6 is 0 Å². The summed E-state index contributed by atoms with van der Waals surface area (Å²) in [6.45, 7) is 2.53. The van der Waals surface area contributed by atoms with Gasteiger partial charge in [-0.1, -0.05) is 24.3 Å². The highest BCUT2D eigenvalue weighted by molar-refractivity contribution is 7.89. The first kappa shape index (κ1) is 15.6. The van der Waals surface area contributed by atoms with Gasteiger partial charge in [0.15, 0.2) is 0 Å². The lowest BCUT2D eigenvalue weighted by Crippen LogP contribution is -2.45. The van der Waals surface area contributed by atoms with Gasteiger partial charge < -0.3 is 19.7 Å². The Bertz CT molecular complexity index is 536. The molecule has 6 nitrogen and oxygen atoms in total. The van der Waals surface area contributed by atoms with Crippen LogP contribution in [-0.4, -0.2) is 58.2 Å². The summed E-state index contributed by atoms with van der Waals surface area (Å²) in [5.41, 5.74) is 2.26. The monoisotopic (exact) mass is 324 g/mol. The molecule has 0 aromatic heterocycles. The second kappa shape index (κ2) is 6.87. The summed E-state index contributed by atoms with van der Waals surface area (Å²) in [6, 6.07) is 7.73. The van der Waals surface area contributed by atoms with Crippen molar-refractivity contribution in [2.75, 3.05) is 32.1 Å². The Morgan fingerprint density at radius 2 is 2.14 bits per heavy atom. The molecule has 7 heteroatoms. The first-order valence-electron chi connectivity index (χ1n) is 7.43. The molecule has 0 spiro atoms. The van der Waals surface area contributed by atoms with Gasteiger partial charge in [0.1, 0.15) is 5.75 Å². The molecule has 0 saturated carbocycles. The number of nitrogens with zero attached hydrogens (tertiary/aromatic N) is 1. The van der Waals surface area contributed by atoms with Crippen molar-refractivity contribution in [2.24, 2.45) is 0 Å². The number of benzene rings is 1. The van der Waals surface area contributed by atoms with E-state index in [1.54, 1.807) is 0 Å². The average Bonchev–Trinajstić information content (AvgIpc) is 2.85. The maximum Gasteiger partial charge on any atom is 0.404 e. The van der Waals surface area contributed by atoms with Crippen LogP contribution in [0, 0.1) is 0 Å². The molecule has 1 fully saturated rings. The van der Waals surface area contributed by atoms with Gasteiger partial charge in [0.05, 0.1) is 32.2 Å². The number of fused-ring (bicyclic) bond motifs is 1. The predicted octanol–water partition coefficient (Wildman–Crippen LogP) is 0.958. The third kappa shape index (κ3) is 3.38. The van der Waals surface area contributed by atoms with E-state index >= 15 is 0 Å². The fourth-order valence-corrected chi connectivity index (χ4v) is 4.69. The van der Waals surface area contributed by atoms with E-state index in [2.05, 4.69) is 5.32 Å². The molecule has 22 heavy (non-hydrogen) atoms. The molecule has 3 rings (SSSR count). The molecular formula is C15H20N2O4S. The van der Waals surface area contributed by atoms with Gasteiger partial charge in [-0.05, 0) is 17.5 Å². The van der Waals surface area contributed by atoms with Crippen LogP contribution in [-0.2, 0) is 22.5 Å². The van der Waals surface area contributed by atoms with Crippen molar-refractivity contribution in [1.29, 1.82) is 0 Å². The number of carboxylic acid groups (broad SMARTS) is 1. The molecule has 1 aliphatic heterocycles. The van der Waals surface area contributed by atoms with E-state index in [0.717, 1.165) is 11.1 Å². The quantitative estimate of drug-likeness (QED) is 0.806. The van der Waals surface area contributed by atoms with E-state index < -0.39 is 17.5 Å². The standard InChI is InChI=1S/C15H20N2O4S/c18-15(19)16-14-9-11-3-1-2-4-12(11)13(14)10-22(20)17-5-7-21-8-6-17/h1-4,13-14,16H,5-10H2,(H,18,19)/t13-,14-,22?/m1/s1. The lowest BCUT2D eigenvalue weighted by molar-refractivity contribution is 0.0729. The van der Waals surface area contributed by atoms with Gasteiger partial charge in [0.25, 0.3) is 0 Å². The van der Waals surface area contributed by atoms with Crippen molar-refractivity contribution in [3.63, 3.8) is 0 Å². The number of morpholine rings is 1. The second-order valence-corrected chi connectivity index (χ2v) is 7.09. The summed E-state index contributed by atoms with van der Waals surface area (Å²) in [5, 5.41) is 11.6. The second-order valence-electron chi connectivity index (χ2n) is 5.59. The molecule has 1 unspecified atom stereocenters. The molecule has 120 valence electrons. The summed E-state index contributed by atoms with van der Waals surface area (Å²) >= 11 is -1.12. The van der Waals surface area contributed by atoms with Gasteiger partial charge in [-0.15, -0.1) is 4.31 Å². The largest absolute Gasteiger partial charge is 0.598 e. The number of hydrogen-bond donors (Lipinski definition) is 2. The molecule has 0 radical (unpaired) electrons. The highest BCUT2D eigenvalue weighted by atomic mass is 32.2. The van der Waals surface area contributed by atoms with Crippen LogP contribution in [0.1, 0.15) is 17.0 Å². The van der Waals surface area contributed by atoms with E-state index in [9.17, 15) is 9.35 Å². The Morgan fingerprint density at radius 1 is 1.41 bits per heavy atom. The smallest absolute Gasteiger partial charge is 0.404 e. The van der Waals surface area contributed by atoms with Crippen molar-refractivity contribution in [2.45, 2.75) is 18.4 Å². The van der Waals surface area contributed by atoms with Crippen molar-refractivity contribution < 1.29 is 19.2 Å². The number of rotatable bonds is 4. The first-order valence-corrected chi connectivity index (χ1v) is 8.71.